The molecule has 5 heteroatoms. The van der Waals surface area contributed by atoms with Gasteiger partial charge in [-0.25, -0.2) is 4.98 Å². The van der Waals surface area contributed by atoms with Crippen LogP contribution in [0.2, 0.25) is 10.2 Å². The predicted molar refractivity (Wildman–Crippen MR) is 68.0 cm³/mol. The summed E-state index contributed by atoms with van der Waals surface area (Å²) in [4.78, 5) is 4.35. The van der Waals surface area contributed by atoms with Crippen molar-refractivity contribution in [3.63, 3.8) is 0 Å². The molecule has 2 aromatic rings. The van der Waals surface area contributed by atoms with Crippen LogP contribution in [-0.4, -0.2) is 9.55 Å². The minimum atomic E-state index is 0.192. The molecule has 17 heavy (non-hydrogen) atoms. The molecule has 0 bridgehead atoms. The van der Waals surface area contributed by atoms with Crippen molar-refractivity contribution in [1.29, 1.82) is 5.26 Å². The number of nitrogens with zero attached hydrogens (tertiary/aromatic N) is 3. The van der Waals surface area contributed by atoms with E-state index < -0.39 is 0 Å². The van der Waals surface area contributed by atoms with Crippen LogP contribution in [0.5, 0.6) is 0 Å². The average molecular weight is 266 g/mol. The van der Waals surface area contributed by atoms with Crippen molar-refractivity contribution >= 4 is 23.2 Å². The van der Waals surface area contributed by atoms with Crippen LogP contribution in [0.25, 0.3) is 11.4 Å². The van der Waals surface area contributed by atoms with Crippen molar-refractivity contribution in [1.82, 2.24) is 9.55 Å². The summed E-state index contributed by atoms with van der Waals surface area (Å²) >= 11 is 12.2. The number of hydrogen-bond donors (Lipinski definition) is 0. The maximum Gasteiger partial charge on any atom is 0.142 e. The monoisotopic (exact) mass is 265 g/mol. The van der Waals surface area contributed by atoms with Crippen LogP contribution >= 0.6 is 23.2 Å². The SMILES string of the molecule is Cn1c(-c2ccccc2Cl)nc(CC#N)c1Cl. The second-order valence-corrected chi connectivity index (χ2v) is 4.31. The van der Waals surface area contributed by atoms with Gasteiger partial charge in [0, 0.05) is 12.6 Å². The highest BCUT2D eigenvalue weighted by molar-refractivity contribution is 6.33. The van der Waals surface area contributed by atoms with Gasteiger partial charge in [0.15, 0.2) is 0 Å². The van der Waals surface area contributed by atoms with Gasteiger partial charge in [-0.3, -0.25) is 0 Å². The van der Waals surface area contributed by atoms with E-state index in [1.54, 1.807) is 17.7 Å². The van der Waals surface area contributed by atoms with Crippen molar-refractivity contribution in [3.8, 4) is 17.5 Å². The first-order valence-electron chi connectivity index (χ1n) is 4.98. The summed E-state index contributed by atoms with van der Waals surface area (Å²) < 4.78 is 1.73. The Morgan fingerprint density at radius 1 is 1.35 bits per heavy atom. The van der Waals surface area contributed by atoms with Gasteiger partial charge in [-0.15, -0.1) is 0 Å². The lowest BCUT2D eigenvalue weighted by Crippen LogP contribution is -1.92. The molecule has 0 saturated carbocycles. The molecule has 0 spiro atoms. The third-order valence-electron chi connectivity index (χ3n) is 2.45. The molecule has 1 heterocycles. The van der Waals surface area contributed by atoms with E-state index in [9.17, 15) is 0 Å². The minimum Gasteiger partial charge on any atom is -0.318 e. The largest absolute Gasteiger partial charge is 0.318 e. The van der Waals surface area contributed by atoms with Crippen LogP contribution in [0, 0.1) is 11.3 Å². The molecule has 0 atom stereocenters. The molecule has 86 valence electrons. The molecule has 0 fully saturated rings. The molecule has 0 unspecified atom stereocenters. The smallest absolute Gasteiger partial charge is 0.142 e. The van der Waals surface area contributed by atoms with Crippen LogP contribution in [0.3, 0.4) is 0 Å². The van der Waals surface area contributed by atoms with Crippen LogP contribution < -0.4 is 0 Å². The molecule has 0 amide bonds. The summed E-state index contributed by atoms with van der Waals surface area (Å²) in [6.07, 6.45) is 0.192. The lowest BCUT2D eigenvalue weighted by molar-refractivity contribution is 0.924. The van der Waals surface area contributed by atoms with Gasteiger partial charge in [0.05, 0.1) is 23.2 Å². The Balaban J connectivity index is 2.58. The van der Waals surface area contributed by atoms with Gasteiger partial charge in [-0.1, -0.05) is 35.3 Å². The van der Waals surface area contributed by atoms with Crippen LogP contribution in [0.1, 0.15) is 5.69 Å². The zero-order valence-electron chi connectivity index (χ0n) is 9.11. The molecule has 1 aromatic carbocycles. The molecule has 0 N–H and O–H groups in total. The van der Waals surface area contributed by atoms with Crippen LogP contribution in [-0.2, 0) is 13.5 Å². The Kier molecular flexibility index (Phi) is 3.37. The molecule has 0 radical (unpaired) electrons. The highest BCUT2D eigenvalue weighted by Crippen LogP contribution is 2.29. The summed E-state index contributed by atoms with van der Waals surface area (Å²) in [7, 11) is 1.80. The molecule has 0 aliphatic heterocycles. The van der Waals surface area contributed by atoms with Gasteiger partial charge >= 0.3 is 0 Å². The fraction of sp³-hybridized carbons (Fsp3) is 0.167. The standard InChI is InChI=1S/C12H9Cl2N3/c1-17-11(14)10(6-7-15)16-12(17)8-4-2-3-5-9(8)13/h2-5H,6H2,1H3. The Morgan fingerprint density at radius 2 is 2.06 bits per heavy atom. The highest BCUT2D eigenvalue weighted by atomic mass is 35.5. The highest BCUT2D eigenvalue weighted by Gasteiger charge is 2.15. The summed E-state index contributed by atoms with van der Waals surface area (Å²) in [5.41, 5.74) is 1.38. The first kappa shape index (κ1) is 12.0. The van der Waals surface area contributed by atoms with Gasteiger partial charge in [-0.2, -0.15) is 5.26 Å². The van der Waals surface area contributed by atoms with Gasteiger partial charge in [0.2, 0.25) is 0 Å². The van der Waals surface area contributed by atoms with E-state index in [1.165, 1.54) is 0 Å². The van der Waals surface area contributed by atoms with Crippen molar-refractivity contribution < 1.29 is 0 Å². The number of benzene rings is 1. The summed E-state index contributed by atoms with van der Waals surface area (Å²) in [6, 6.07) is 9.44. The summed E-state index contributed by atoms with van der Waals surface area (Å²) in [5, 5.41) is 9.77. The zero-order chi connectivity index (χ0) is 12.4. The Hall–Kier alpha value is -1.50. The lowest BCUT2D eigenvalue weighted by atomic mass is 10.2. The molecule has 1 aromatic heterocycles. The zero-order valence-corrected chi connectivity index (χ0v) is 10.6. The Bertz CT molecular complexity index is 596. The molecular formula is C12H9Cl2N3. The van der Waals surface area contributed by atoms with Gasteiger partial charge < -0.3 is 4.57 Å². The van der Waals surface area contributed by atoms with Gasteiger partial charge in [0.1, 0.15) is 11.0 Å². The molecule has 3 nitrogen and oxygen atoms in total. The third kappa shape index (κ3) is 2.14. The first-order chi connectivity index (χ1) is 8.15. The van der Waals surface area contributed by atoms with E-state index in [0.717, 1.165) is 5.56 Å². The molecule has 0 saturated heterocycles. The lowest BCUT2D eigenvalue weighted by Gasteiger charge is -2.03. The first-order valence-corrected chi connectivity index (χ1v) is 5.73. The van der Waals surface area contributed by atoms with Crippen molar-refractivity contribution in [2.24, 2.45) is 7.05 Å². The summed E-state index contributed by atoms with van der Waals surface area (Å²) in [6.45, 7) is 0. The number of rotatable bonds is 2. The maximum atomic E-state index is 8.69. The normalized spacial score (nSPS) is 10.2. The van der Waals surface area contributed by atoms with Crippen molar-refractivity contribution in [2.75, 3.05) is 0 Å². The van der Waals surface area contributed by atoms with E-state index in [0.29, 0.717) is 21.7 Å². The minimum absolute atomic E-state index is 0.192. The third-order valence-corrected chi connectivity index (χ3v) is 3.25. The number of nitriles is 1. The number of hydrogen-bond acceptors (Lipinski definition) is 2. The van der Waals surface area contributed by atoms with Crippen molar-refractivity contribution in [2.45, 2.75) is 6.42 Å². The molecular weight excluding hydrogens is 257 g/mol. The second-order valence-electron chi connectivity index (χ2n) is 3.55. The van der Waals surface area contributed by atoms with E-state index >= 15 is 0 Å². The Labute approximate surface area is 109 Å². The second kappa shape index (κ2) is 4.79. The fourth-order valence-electron chi connectivity index (χ4n) is 1.61. The maximum absolute atomic E-state index is 8.69. The van der Waals surface area contributed by atoms with E-state index in [-0.39, 0.29) is 6.42 Å². The summed E-state index contributed by atoms with van der Waals surface area (Å²) in [5.74, 6) is 0.672. The van der Waals surface area contributed by atoms with Gasteiger partial charge in [-0.05, 0) is 12.1 Å². The number of imidazole rings is 1. The average Bonchev–Trinajstić information content (AvgIpc) is 2.59. The van der Waals surface area contributed by atoms with Crippen LogP contribution in [0.15, 0.2) is 24.3 Å². The quantitative estimate of drug-likeness (QED) is 0.835. The fourth-order valence-corrected chi connectivity index (χ4v) is 2.02. The predicted octanol–water partition coefficient (Wildman–Crippen LogP) is 3.46. The number of aromatic nitrogens is 2. The van der Waals surface area contributed by atoms with E-state index in [2.05, 4.69) is 4.98 Å². The van der Waals surface area contributed by atoms with Gasteiger partial charge in [0.25, 0.3) is 0 Å². The number of halogens is 2. The van der Waals surface area contributed by atoms with Crippen molar-refractivity contribution in [3.05, 3.63) is 40.1 Å². The molecule has 2 rings (SSSR count). The van der Waals surface area contributed by atoms with E-state index in [1.807, 2.05) is 24.3 Å². The topological polar surface area (TPSA) is 41.6 Å². The molecule has 0 aliphatic carbocycles. The van der Waals surface area contributed by atoms with Crippen LogP contribution in [0.4, 0.5) is 0 Å². The van der Waals surface area contributed by atoms with E-state index in [4.69, 9.17) is 28.5 Å². The molecule has 0 aliphatic rings. The Morgan fingerprint density at radius 3 is 2.71 bits per heavy atom.